The Labute approximate surface area is 157 Å². The van der Waals surface area contributed by atoms with Gasteiger partial charge in [0.2, 0.25) is 0 Å². The Kier molecular flexibility index (Phi) is 7.19. The van der Waals surface area contributed by atoms with Crippen LogP contribution in [0.1, 0.15) is 29.9 Å². The molecule has 1 saturated heterocycles. The van der Waals surface area contributed by atoms with Crippen LogP contribution in [0.4, 0.5) is 0 Å². The van der Waals surface area contributed by atoms with E-state index in [0.29, 0.717) is 5.92 Å². The maximum atomic E-state index is 9.67. The molecule has 1 aliphatic rings. The van der Waals surface area contributed by atoms with Crippen LogP contribution in [-0.4, -0.2) is 50.4 Å². The van der Waals surface area contributed by atoms with Crippen molar-refractivity contribution in [3.63, 3.8) is 0 Å². The first kappa shape index (κ1) is 20.3. The highest BCUT2D eigenvalue weighted by Crippen LogP contribution is 2.33. The Morgan fingerprint density at radius 2 is 1.63 bits per heavy atom. The van der Waals surface area contributed by atoms with Crippen molar-refractivity contribution < 1.29 is 30.0 Å². The lowest BCUT2D eigenvalue weighted by atomic mass is 9.90. The molecule has 144 valence electrons. The summed E-state index contributed by atoms with van der Waals surface area (Å²) in [7, 11) is 0. The van der Waals surface area contributed by atoms with Crippen LogP contribution in [0.5, 0.6) is 11.5 Å². The van der Waals surface area contributed by atoms with Crippen LogP contribution in [0.2, 0.25) is 0 Å². The number of hydrogen-bond donors (Lipinski definition) is 4. The highest BCUT2D eigenvalue weighted by Gasteiger charge is 2.22. The Morgan fingerprint density at radius 3 is 2.22 bits per heavy atom. The van der Waals surface area contributed by atoms with Crippen LogP contribution in [0.15, 0.2) is 48.5 Å². The Morgan fingerprint density at radius 1 is 0.963 bits per heavy atom. The van der Waals surface area contributed by atoms with Gasteiger partial charge >= 0.3 is 11.9 Å². The summed E-state index contributed by atoms with van der Waals surface area (Å²) in [6.07, 6.45) is 2.30. The van der Waals surface area contributed by atoms with Crippen molar-refractivity contribution in [1.82, 2.24) is 4.90 Å². The van der Waals surface area contributed by atoms with Crippen LogP contribution < -0.4 is 0 Å². The topological polar surface area (TPSA) is 118 Å². The molecule has 7 nitrogen and oxygen atoms in total. The highest BCUT2D eigenvalue weighted by atomic mass is 16.4. The number of aromatic hydroxyl groups is 2. The molecule has 1 aliphatic heterocycles. The molecule has 0 aromatic heterocycles. The average molecular weight is 373 g/mol. The first-order valence-corrected chi connectivity index (χ1v) is 8.61. The van der Waals surface area contributed by atoms with E-state index in [1.54, 1.807) is 12.1 Å². The third-order valence-electron chi connectivity index (χ3n) is 4.41. The van der Waals surface area contributed by atoms with Crippen molar-refractivity contribution in [2.75, 3.05) is 13.1 Å². The van der Waals surface area contributed by atoms with Gasteiger partial charge in [-0.3, -0.25) is 4.90 Å². The molecule has 1 unspecified atom stereocenters. The van der Waals surface area contributed by atoms with E-state index in [-0.39, 0.29) is 11.5 Å². The van der Waals surface area contributed by atoms with Gasteiger partial charge in [0.15, 0.2) is 11.5 Å². The summed E-state index contributed by atoms with van der Waals surface area (Å²) in [5, 5.41) is 33.9. The Hall–Kier alpha value is -3.06. The molecule has 0 amide bonds. The molecule has 0 bridgehead atoms. The second kappa shape index (κ2) is 9.59. The monoisotopic (exact) mass is 373 g/mol. The Bertz CT molecular complexity index is 765. The van der Waals surface area contributed by atoms with Gasteiger partial charge in [0.25, 0.3) is 0 Å². The summed E-state index contributed by atoms with van der Waals surface area (Å²) in [5.41, 5.74) is 2.45. The van der Waals surface area contributed by atoms with Gasteiger partial charge in [-0.1, -0.05) is 36.4 Å². The summed E-state index contributed by atoms with van der Waals surface area (Å²) in [6.45, 7) is 3.09. The Balaban J connectivity index is 0.000000380. The summed E-state index contributed by atoms with van der Waals surface area (Å²) < 4.78 is 0. The minimum Gasteiger partial charge on any atom is -0.504 e. The fourth-order valence-corrected chi connectivity index (χ4v) is 3.11. The molecular weight excluding hydrogens is 350 g/mol. The van der Waals surface area contributed by atoms with Crippen LogP contribution in [0.3, 0.4) is 0 Å². The molecule has 7 heteroatoms. The first-order chi connectivity index (χ1) is 12.9. The molecular formula is C20H23NO6. The van der Waals surface area contributed by atoms with Crippen molar-refractivity contribution in [3.05, 3.63) is 59.7 Å². The maximum absolute atomic E-state index is 9.67. The van der Waals surface area contributed by atoms with Crippen LogP contribution in [0.25, 0.3) is 0 Å². The number of carboxylic acids is 2. The van der Waals surface area contributed by atoms with Gasteiger partial charge in [-0.15, -0.1) is 0 Å². The molecule has 1 heterocycles. The quantitative estimate of drug-likeness (QED) is 0.482. The molecule has 0 spiro atoms. The van der Waals surface area contributed by atoms with Crippen molar-refractivity contribution in [2.45, 2.75) is 25.3 Å². The zero-order valence-electron chi connectivity index (χ0n) is 14.8. The van der Waals surface area contributed by atoms with E-state index in [1.807, 2.05) is 12.1 Å². The minimum atomic E-state index is -1.82. The minimum absolute atomic E-state index is 0.0207. The zero-order chi connectivity index (χ0) is 19.8. The lowest BCUT2D eigenvalue weighted by molar-refractivity contribution is -0.159. The molecule has 2 aromatic rings. The van der Waals surface area contributed by atoms with Crippen LogP contribution in [0, 0.1) is 0 Å². The number of hydrogen-bond acceptors (Lipinski definition) is 5. The number of aliphatic carboxylic acids is 2. The maximum Gasteiger partial charge on any atom is 0.414 e. The molecule has 0 aliphatic carbocycles. The van der Waals surface area contributed by atoms with Gasteiger partial charge in [-0.05, 0) is 48.6 Å². The van der Waals surface area contributed by atoms with Crippen LogP contribution in [-0.2, 0) is 16.1 Å². The third kappa shape index (κ3) is 6.31. The van der Waals surface area contributed by atoms with E-state index < -0.39 is 11.9 Å². The molecule has 3 rings (SSSR count). The largest absolute Gasteiger partial charge is 0.504 e. The van der Waals surface area contributed by atoms with E-state index in [4.69, 9.17) is 19.8 Å². The smallest absolute Gasteiger partial charge is 0.414 e. The van der Waals surface area contributed by atoms with Gasteiger partial charge in [-0.25, -0.2) is 9.59 Å². The van der Waals surface area contributed by atoms with Crippen molar-refractivity contribution in [1.29, 1.82) is 0 Å². The molecule has 2 aromatic carbocycles. The number of likely N-dealkylation sites (tertiary alicyclic amines) is 1. The standard InChI is InChI=1S/C18H21NO2.C2H2O4/c20-17-9-8-15(11-18(17)21)16-7-4-10-19(13-16)12-14-5-2-1-3-6-14;3-1(4)2(5)6/h1-3,5-6,8-9,11,16,20-21H,4,7,10,12-13H2;(H,3,4)(H,5,6). The predicted octanol–water partition coefficient (Wildman–Crippen LogP) is 2.63. The van der Waals surface area contributed by atoms with Crippen molar-refractivity contribution >= 4 is 11.9 Å². The SMILES string of the molecule is O=C(O)C(=O)O.Oc1ccc(C2CCCN(Cc3ccccc3)C2)cc1O. The van der Waals surface area contributed by atoms with E-state index >= 15 is 0 Å². The van der Waals surface area contributed by atoms with Crippen molar-refractivity contribution in [2.24, 2.45) is 0 Å². The van der Waals surface area contributed by atoms with Gasteiger partial charge in [0, 0.05) is 13.1 Å². The number of phenols is 2. The first-order valence-electron chi connectivity index (χ1n) is 8.61. The van der Waals surface area contributed by atoms with E-state index in [0.717, 1.165) is 31.6 Å². The lowest BCUT2D eigenvalue weighted by Crippen LogP contribution is -2.33. The van der Waals surface area contributed by atoms with Crippen LogP contribution >= 0.6 is 0 Å². The van der Waals surface area contributed by atoms with E-state index in [2.05, 4.69) is 29.2 Å². The summed E-state index contributed by atoms with van der Waals surface area (Å²) in [4.78, 5) is 20.7. The fourth-order valence-electron chi connectivity index (χ4n) is 3.11. The molecule has 0 saturated carbocycles. The number of piperidine rings is 1. The second-order valence-corrected chi connectivity index (χ2v) is 6.42. The number of carbonyl (C=O) groups is 2. The number of nitrogens with zero attached hydrogens (tertiary/aromatic N) is 1. The predicted molar refractivity (Wildman–Crippen MR) is 98.7 cm³/mol. The molecule has 0 radical (unpaired) electrons. The van der Waals surface area contributed by atoms with Gasteiger partial charge in [0.1, 0.15) is 0 Å². The zero-order valence-corrected chi connectivity index (χ0v) is 14.8. The molecule has 1 fully saturated rings. The van der Waals surface area contributed by atoms with Gasteiger partial charge in [-0.2, -0.15) is 0 Å². The molecule has 27 heavy (non-hydrogen) atoms. The summed E-state index contributed by atoms with van der Waals surface area (Å²) in [6, 6.07) is 15.7. The summed E-state index contributed by atoms with van der Waals surface area (Å²) in [5.74, 6) is -3.29. The number of carboxylic acid groups (broad SMARTS) is 2. The van der Waals surface area contributed by atoms with E-state index in [1.165, 1.54) is 12.0 Å². The number of phenolic OH excluding ortho intramolecular Hbond substituents is 2. The van der Waals surface area contributed by atoms with Crippen molar-refractivity contribution in [3.8, 4) is 11.5 Å². The highest BCUT2D eigenvalue weighted by molar-refractivity contribution is 6.27. The third-order valence-corrected chi connectivity index (χ3v) is 4.41. The fraction of sp³-hybridized carbons (Fsp3) is 0.300. The van der Waals surface area contributed by atoms with E-state index in [9.17, 15) is 10.2 Å². The van der Waals surface area contributed by atoms with Gasteiger partial charge in [0.05, 0.1) is 0 Å². The lowest BCUT2D eigenvalue weighted by Gasteiger charge is -2.33. The number of benzene rings is 2. The van der Waals surface area contributed by atoms with Gasteiger partial charge < -0.3 is 20.4 Å². The second-order valence-electron chi connectivity index (χ2n) is 6.42. The normalized spacial score (nSPS) is 16.8. The molecule has 4 N–H and O–H groups in total. The average Bonchev–Trinajstić information content (AvgIpc) is 2.65. The summed E-state index contributed by atoms with van der Waals surface area (Å²) >= 11 is 0. The number of rotatable bonds is 3. The molecule has 1 atom stereocenters.